The number of phenols is 2. The molecular formula is C16H23NO3. The highest BCUT2D eigenvalue weighted by Gasteiger charge is 2.29. The molecule has 0 aromatic heterocycles. The van der Waals surface area contributed by atoms with E-state index in [-0.39, 0.29) is 22.8 Å². The molecule has 0 saturated carbocycles. The van der Waals surface area contributed by atoms with Gasteiger partial charge < -0.3 is 10.2 Å². The zero-order chi connectivity index (χ0) is 14.8. The normalized spacial score (nSPS) is 18.9. The SMILES string of the molecule is CCC1(C)CCN(CC(=O)c2ccc(O)cc2O)CC1. The quantitative estimate of drug-likeness (QED) is 0.831. The van der Waals surface area contributed by atoms with Gasteiger partial charge >= 0.3 is 0 Å². The zero-order valence-electron chi connectivity index (χ0n) is 12.2. The van der Waals surface area contributed by atoms with E-state index in [0.29, 0.717) is 12.0 Å². The molecule has 20 heavy (non-hydrogen) atoms. The number of piperidine rings is 1. The van der Waals surface area contributed by atoms with Crippen LogP contribution in [-0.2, 0) is 0 Å². The van der Waals surface area contributed by atoms with Crippen LogP contribution in [0.3, 0.4) is 0 Å². The van der Waals surface area contributed by atoms with Crippen molar-refractivity contribution in [1.82, 2.24) is 4.90 Å². The van der Waals surface area contributed by atoms with Crippen molar-refractivity contribution in [2.45, 2.75) is 33.1 Å². The lowest BCUT2D eigenvalue weighted by Gasteiger charge is -2.38. The van der Waals surface area contributed by atoms with E-state index in [9.17, 15) is 15.0 Å². The Hall–Kier alpha value is -1.55. The number of aromatic hydroxyl groups is 2. The smallest absolute Gasteiger partial charge is 0.180 e. The zero-order valence-corrected chi connectivity index (χ0v) is 12.2. The van der Waals surface area contributed by atoms with Crippen LogP contribution in [0.25, 0.3) is 0 Å². The Morgan fingerprint density at radius 2 is 1.95 bits per heavy atom. The summed E-state index contributed by atoms with van der Waals surface area (Å²) in [6.45, 7) is 6.70. The number of hydrogen-bond donors (Lipinski definition) is 2. The number of hydrogen-bond acceptors (Lipinski definition) is 4. The van der Waals surface area contributed by atoms with Gasteiger partial charge in [0.05, 0.1) is 12.1 Å². The third-order valence-corrected chi connectivity index (χ3v) is 4.57. The second kappa shape index (κ2) is 5.83. The molecule has 2 rings (SSSR count). The van der Waals surface area contributed by atoms with E-state index in [1.165, 1.54) is 24.6 Å². The maximum atomic E-state index is 12.2. The van der Waals surface area contributed by atoms with Gasteiger partial charge in [-0.25, -0.2) is 0 Å². The summed E-state index contributed by atoms with van der Waals surface area (Å²) in [6.07, 6.45) is 3.39. The molecule has 0 spiro atoms. The number of likely N-dealkylation sites (tertiary alicyclic amines) is 1. The second-order valence-corrected chi connectivity index (χ2v) is 6.06. The van der Waals surface area contributed by atoms with Crippen LogP contribution in [0.4, 0.5) is 0 Å². The third kappa shape index (κ3) is 3.31. The molecule has 4 heteroatoms. The van der Waals surface area contributed by atoms with Gasteiger partial charge in [-0.05, 0) is 43.5 Å². The minimum absolute atomic E-state index is 0.0317. The standard InChI is InChI=1S/C16H23NO3/c1-3-16(2)6-8-17(9-7-16)11-15(20)13-5-4-12(18)10-14(13)19/h4-5,10,18-19H,3,6-9,11H2,1-2H3. The van der Waals surface area contributed by atoms with Crippen molar-refractivity contribution in [2.24, 2.45) is 5.41 Å². The average molecular weight is 277 g/mol. The highest BCUT2D eigenvalue weighted by atomic mass is 16.3. The maximum absolute atomic E-state index is 12.2. The van der Waals surface area contributed by atoms with Gasteiger partial charge in [0.2, 0.25) is 0 Å². The van der Waals surface area contributed by atoms with Crippen molar-refractivity contribution >= 4 is 5.78 Å². The summed E-state index contributed by atoms with van der Waals surface area (Å²) >= 11 is 0. The summed E-state index contributed by atoms with van der Waals surface area (Å²) in [7, 11) is 0. The highest BCUT2D eigenvalue weighted by Crippen LogP contribution is 2.34. The number of rotatable bonds is 4. The van der Waals surface area contributed by atoms with Crippen molar-refractivity contribution in [2.75, 3.05) is 19.6 Å². The Bertz CT molecular complexity index is 490. The van der Waals surface area contributed by atoms with Crippen LogP contribution in [0.5, 0.6) is 11.5 Å². The molecule has 1 aliphatic heterocycles. The fourth-order valence-electron chi connectivity index (χ4n) is 2.65. The first-order chi connectivity index (χ1) is 9.43. The molecule has 0 aliphatic carbocycles. The summed E-state index contributed by atoms with van der Waals surface area (Å²) < 4.78 is 0. The van der Waals surface area contributed by atoms with Crippen LogP contribution in [0, 0.1) is 5.41 Å². The monoisotopic (exact) mass is 277 g/mol. The van der Waals surface area contributed by atoms with Crippen molar-refractivity contribution in [3.63, 3.8) is 0 Å². The fraction of sp³-hybridized carbons (Fsp3) is 0.562. The molecule has 110 valence electrons. The van der Waals surface area contributed by atoms with Crippen molar-refractivity contribution in [3.8, 4) is 11.5 Å². The van der Waals surface area contributed by atoms with E-state index in [4.69, 9.17) is 0 Å². The van der Waals surface area contributed by atoms with E-state index in [1.54, 1.807) is 0 Å². The van der Waals surface area contributed by atoms with Crippen molar-refractivity contribution < 1.29 is 15.0 Å². The molecule has 1 saturated heterocycles. The summed E-state index contributed by atoms with van der Waals surface area (Å²) in [5.41, 5.74) is 0.687. The fourth-order valence-corrected chi connectivity index (χ4v) is 2.65. The molecule has 0 radical (unpaired) electrons. The van der Waals surface area contributed by atoms with Crippen LogP contribution in [0.1, 0.15) is 43.5 Å². The lowest BCUT2D eigenvalue weighted by Crippen LogP contribution is -2.41. The van der Waals surface area contributed by atoms with Crippen LogP contribution < -0.4 is 0 Å². The summed E-state index contributed by atoms with van der Waals surface area (Å²) in [5.74, 6) is -0.274. The van der Waals surface area contributed by atoms with Crippen LogP contribution in [0.15, 0.2) is 18.2 Å². The first-order valence-electron chi connectivity index (χ1n) is 7.21. The minimum Gasteiger partial charge on any atom is -0.508 e. The number of carbonyl (C=O) groups is 1. The number of nitrogens with zero attached hydrogens (tertiary/aromatic N) is 1. The molecule has 4 nitrogen and oxygen atoms in total. The first kappa shape index (κ1) is 14.9. The van der Waals surface area contributed by atoms with Gasteiger partial charge in [-0.15, -0.1) is 0 Å². The van der Waals surface area contributed by atoms with Gasteiger partial charge in [-0.1, -0.05) is 20.3 Å². The highest BCUT2D eigenvalue weighted by molar-refractivity contribution is 6.00. The van der Waals surface area contributed by atoms with Gasteiger partial charge in [-0.2, -0.15) is 0 Å². The predicted octanol–water partition coefficient (Wildman–Crippen LogP) is 2.79. The van der Waals surface area contributed by atoms with E-state index >= 15 is 0 Å². The molecular weight excluding hydrogens is 254 g/mol. The summed E-state index contributed by atoms with van der Waals surface area (Å²) in [5, 5.41) is 19.0. The second-order valence-electron chi connectivity index (χ2n) is 6.06. The van der Waals surface area contributed by atoms with Gasteiger partial charge in [0, 0.05) is 6.07 Å². The van der Waals surface area contributed by atoms with Crippen LogP contribution in [-0.4, -0.2) is 40.5 Å². The molecule has 0 unspecified atom stereocenters. The number of ketones is 1. The van der Waals surface area contributed by atoms with E-state index in [1.807, 2.05) is 0 Å². The predicted molar refractivity (Wildman–Crippen MR) is 78.2 cm³/mol. The van der Waals surface area contributed by atoms with Crippen LogP contribution in [0.2, 0.25) is 0 Å². The lowest BCUT2D eigenvalue weighted by atomic mass is 9.78. The molecule has 2 N–H and O–H groups in total. The van der Waals surface area contributed by atoms with E-state index < -0.39 is 0 Å². The van der Waals surface area contributed by atoms with Gasteiger partial charge in [0.15, 0.2) is 5.78 Å². The Labute approximate surface area is 120 Å². The molecule has 1 heterocycles. The Morgan fingerprint density at radius 1 is 1.30 bits per heavy atom. The average Bonchev–Trinajstić information content (AvgIpc) is 2.41. The summed E-state index contributed by atoms with van der Waals surface area (Å²) in [6, 6.07) is 4.11. The number of phenolic OH excluding ortho intramolecular Hbond substituents is 2. The third-order valence-electron chi connectivity index (χ3n) is 4.57. The van der Waals surface area contributed by atoms with Gasteiger partial charge in [0.25, 0.3) is 0 Å². The Balaban J connectivity index is 1.96. The molecule has 0 atom stereocenters. The van der Waals surface area contributed by atoms with Gasteiger partial charge in [-0.3, -0.25) is 9.69 Å². The topological polar surface area (TPSA) is 60.8 Å². The molecule has 1 aliphatic rings. The largest absolute Gasteiger partial charge is 0.508 e. The number of Topliss-reactive ketones (excluding diaryl/α,β-unsaturated/α-hetero) is 1. The molecule has 1 aromatic rings. The maximum Gasteiger partial charge on any atom is 0.180 e. The molecule has 1 fully saturated rings. The van der Waals surface area contributed by atoms with E-state index in [0.717, 1.165) is 25.9 Å². The number of carbonyl (C=O) groups excluding carboxylic acids is 1. The van der Waals surface area contributed by atoms with Crippen molar-refractivity contribution in [1.29, 1.82) is 0 Å². The first-order valence-corrected chi connectivity index (χ1v) is 7.21. The Kier molecular flexibility index (Phi) is 4.33. The molecule has 1 aromatic carbocycles. The lowest BCUT2D eigenvalue weighted by molar-refractivity contribution is 0.0810. The molecule has 0 bridgehead atoms. The van der Waals surface area contributed by atoms with Gasteiger partial charge in [0.1, 0.15) is 11.5 Å². The minimum atomic E-state index is -0.148. The van der Waals surface area contributed by atoms with Crippen molar-refractivity contribution in [3.05, 3.63) is 23.8 Å². The van der Waals surface area contributed by atoms with E-state index in [2.05, 4.69) is 18.7 Å². The van der Waals surface area contributed by atoms with Crippen LogP contribution >= 0.6 is 0 Å². The Morgan fingerprint density at radius 3 is 2.50 bits per heavy atom. The number of benzene rings is 1. The summed E-state index contributed by atoms with van der Waals surface area (Å²) in [4.78, 5) is 14.3. The molecule has 0 amide bonds.